The molecule has 0 saturated carbocycles. The van der Waals surface area contributed by atoms with Gasteiger partial charge in [0, 0.05) is 12.7 Å². The van der Waals surface area contributed by atoms with Crippen LogP contribution in [0.15, 0.2) is 18.3 Å². The molecule has 4 heteroatoms. The number of pyridine rings is 1. The van der Waals surface area contributed by atoms with Crippen molar-refractivity contribution in [3.8, 4) is 0 Å². The molecule has 0 radical (unpaired) electrons. The third-order valence-corrected chi connectivity index (χ3v) is 2.04. The lowest BCUT2D eigenvalue weighted by Gasteiger charge is -2.13. The molecule has 1 aromatic rings. The van der Waals surface area contributed by atoms with E-state index in [1.165, 1.54) is 6.20 Å². The highest BCUT2D eigenvalue weighted by Gasteiger charge is 2.05. The largest absolute Gasteiger partial charge is 0.477 e. The zero-order valence-corrected chi connectivity index (χ0v) is 8.40. The Bertz CT molecular complexity index is 326. The molecule has 0 amide bonds. The van der Waals surface area contributed by atoms with E-state index >= 15 is 0 Å². The first-order valence-corrected chi connectivity index (χ1v) is 4.50. The molecule has 0 aliphatic carbocycles. The van der Waals surface area contributed by atoms with Crippen molar-refractivity contribution >= 4 is 5.97 Å². The summed E-state index contributed by atoms with van der Waals surface area (Å²) in [5, 5.41) is 8.72. The average molecular weight is 194 g/mol. The third-order valence-electron chi connectivity index (χ3n) is 2.04. The second-order valence-corrected chi connectivity index (χ2v) is 3.18. The number of hydrogen-bond acceptors (Lipinski definition) is 3. The highest BCUT2D eigenvalue weighted by molar-refractivity contribution is 5.85. The van der Waals surface area contributed by atoms with Gasteiger partial charge in [0.15, 0.2) is 0 Å². The molecule has 0 bridgehead atoms. The van der Waals surface area contributed by atoms with Crippen LogP contribution in [0.5, 0.6) is 0 Å². The van der Waals surface area contributed by atoms with Gasteiger partial charge >= 0.3 is 5.97 Å². The topological polar surface area (TPSA) is 53.4 Å². The highest BCUT2D eigenvalue weighted by Crippen LogP contribution is 2.04. The monoisotopic (exact) mass is 194 g/mol. The van der Waals surface area contributed by atoms with E-state index in [2.05, 4.69) is 16.8 Å². The molecular weight excluding hydrogens is 180 g/mol. The maximum Gasteiger partial charge on any atom is 0.354 e. The summed E-state index contributed by atoms with van der Waals surface area (Å²) in [5.74, 6) is -0.981. The minimum atomic E-state index is -0.981. The lowest BCUT2D eigenvalue weighted by Crippen LogP contribution is -2.17. The van der Waals surface area contributed by atoms with Crippen molar-refractivity contribution in [2.45, 2.75) is 13.5 Å². The Kier molecular flexibility index (Phi) is 3.59. The summed E-state index contributed by atoms with van der Waals surface area (Å²) in [7, 11) is 1.99. The molecule has 0 atom stereocenters. The Balaban J connectivity index is 2.78. The molecule has 0 saturated heterocycles. The van der Waals surface area contributed by atoms with E-state index < -0.39 is 5.97 Å². The molecule has 0 aromatic carbocycles. The average Bonchev–Trinajstić information content (AvgIpc) is 2.18. The number of aromatic carboxylic acids is 1. The van der Waals surface area contributed by atoms with Gasteiger partial charge in [-0.2, -0.15) is 0 Å². The summed E-state index contributed by atoms with van der Waals surface area (Å²) in [5.41, 5.74) is 1.08. The van der Waals surface area contributed by atoms with E-state index in [9.17, 15) is 4.79 Å². The summed E-state index contributed by atoms with van der Waals surface area (Å²) < 4.78 is 0. The van der Waals surface area contributed by atoms with Crippen LogP contribution >= 0.6 is 0 Å². The lowest BCUT2D eigenvalue weighted by molar-refractivity contribution is 0.0690. The molecule has 0 spiro atoms. The molecule has 1 rings (SSSR count). The zero-order valence-electron chi connectivity index (χ0n) is 8.40. The predicted molar refractivity (Wildman–Crippen MR) is 53.2 cm³/mol. The van der Waals surface area contributed by atoms with Gasteiger partial charge in [0.1, 0.15) is 5.69 Å². The van der Waals surface area contributed by atoms with E-state index in [0.717, 1.165) is 18.7 Å². The standard InChI is InChI=1S/C10H14N2O2/c1-3-12(2)7-8-4-5-11-9(6-8)10(13)14/h4-6H,3,7H2,1-2H3,(H,13,14). The first-order valence-electron chi connectivity index (χ1n) is 4.50. The Morgan fingerprint density at radius 1 is 1.64 bits per heavy atom. The van der Waals surface area contributed by atoms with Crippen molar-refractivity contribution < 1.29 is 9.90 Å². The first-order chi connectivity index (χ1) is 6.63. The van der Waals surface area contributed by atoms with Crippen LogP contribution in [0.1, 0.15) is 23.0 Å². The number of aromatic nitrogens is 1. The number of carboxylic acids is 1. The molecule has 0 aliphatic heterocycles. The fourth-order valence-corrected chi connectivity index (χ4v) is 1.11. The number of hydrogen-bond donors (Lipinski definition) is 1. The van der Waals surface area contributed by atoms with Gasteiger partial charge in [-0.15, -0.1) is 0 Å². The Hall–Kier alpha value is -1.42. The molecule has 0 aliphatic rings. The second kappa shape index (κ2) is 4.72. The van der Waals surface area contributed by atoms with E-state index in [1.54, 1.807) is 6.07 Å². The van der Waals surface area contributed by atoms with Crippen LogP contribution < -0.4 is 0 Å². The number of rotatable bonds is 4. The summed E-state index contributed by atoms with van der Waals surface area (Å²) in [6.07, 6.45) is 1.53. The van der Waals surface area contributed by atoms with Gasteiger partial charge in [-0.25, -0.2) is 9.78 Å². The van der Waals surface area contributed by atoms with Crippen LogP contribution in [0.2, 0.25) is 0 Å². The van der Waals surface area contributed by atoms with Gasteiger partial charge in [-0.1, -0.05) is 6.92 Å². The van der Waals surface area contributed by atoms with Gasteiger partial charge in [-0.3, -0.25) is 0 Å². The van der Waals surface area contributed by atoms with Crippen molar-refractivity contribution in [2.75, 3.05) is 13.6 Å². The number of nitrogens with zero attached hydrogens (tertiary/aromatic N) is 2. The summed E-state index contributed by atoms with van der Waals surface area (Å²) >= 11 is 0. The van der Waals surface area contributed by atoms with Crippen molar-refractivity contribution in [3.63, 3.8) is 0 Å². The summed E-state index contributed by atoms with van der Waals surface area (Å²) in [6, 6.07) is 3.44. The fraction of sp³-hybridized carbons (Fsp3) is 0.400. The summed E-state index contributed by atoms with van der Waals surface area (Å²) in [6.45, 7) is 3.74. The number of carbonyl (C=O) groups is 1. The van der Waals surface area contributed by atoms with Crippen LogP contribution in [0, 0.1) is 0 Å². The molecule has 1 heterocycles. The van der Waals surface area contributed by atoms with Crippen molar-refractivity contribution in [1.82, 2.24) is 9.88 Å². The molecule has 0 fully saturated rings. The Labute approximate surface area is 83.2 Å². The van der Waals surface area contributed by atoms with Gasteiger partial charge in [0.05, 0.1) is 0 Å². The molecule has 14 heavy (non-hydrogen) atoms. The normalized spacial score (nSPS) is 10.5. The van der Waals surface area contributed by atoms with Crippen LogP contribution in [0.25, 0.3) is 0 Å². The zero-order chi connectivity index (χ0) is 10.6. The van der Waals surface area contributed by atoms with Gasteiger partial charge in [0.25, 0.3) is 0 Å². The maximum absolute atomic E-state index is 10.6. The minimum absolute atomic E-state index is 0.104. The van der Waals surface area contributed by atoms with Crippen LogP contribution in [0.3, 0.4) is 0 Å². The first kappa shape index (κ1) is 10.7. The quantitative estimate of drug-likeness (QED) is 0.783. The Morgan fingerprint density at radius 2 is 2.36 bits per heavy atom. The minimum Gasteiger partial charge on any atom is -0.477 e. The van der Waals surface area contributed by atoms with Crippen molar-refractivity contribution in [1.29, 1.82) is 0 Å². The molecule has 4 nitrogen and oxygen atoms in total. The molecule has 0 unspecified atom stereocenters. The summed E-state index contributed by atoms with van der Waals surface area (Å²) in [4.78, 5) is 16.5. The van der Waals surface area contributed by atoms with Gasteiger partial charge in [-0.05, 0) is 31.3 Å². The molecule has 1 aromatic heterocycles. The number of carboxylic acid groups (broad SMARTS) is 1. The van der Waals surface area contributed by atoms with E-state index in [0.29, 0.717) is 0 Å². The third kappa shape index (κ3) is 2.81. The maximum atomic E-state index is 10.6. The molecular formula is C10H14N2O2. The second-order valence-electron chi connectivity index (χ2n) is 3.18. The SMILES string of the molecule is CCN(C)Cc1ccnc(C(=O)O)c1. The molecule has 1 N–H and O–H groups in total. The Morgan fingerprint density at radius 3 is 2.93 bits per heavy atom. The van der Waals surface area contributed by atoms with Crippen LogP contribution in [0.4, 0.5) is 0 Å². The predicted octanol–water partition coefficient (Wildman–Crippen LogP) is 1.23. The van der Waals surface area contributed by atoms with E-state index in [1.807, 2.05) is 13.1 Å². The smallest absolute Gasteiger partial charge is 0.354 e. The van der Waals surface area contributed by atoms with Gasteiger partial charge < -0.3 is 10.0 Å². The van der Waals surface area contributed by atoms with E-state index in [-0.39, 0.29) is 5.69 Å². The molecule has 76 valence electrons. The highest BCUT2D eigenvalue weighted by atomic mass is 16.4. The van der Waals surface area contributed by atoms with Gasteiger partial charge in [0.2, 0.25) is 0 Å². The van der Waals surface area contributed by atoms with Crippen molar-refractivity contribution in [2.24, 2.45) is 0 Å². The van der Waals surface area contributed by atoms with Crippen LogP contribution in [-0.4, -0.2) is 34.6 Å². The van der Waals surface area contributed by atoms with Crippen molar-refractivity contribution in [3.05, 3.63) is 29.6 Å². The van der Waals surface area contributed by atoms with E-state index in [4.69, 9.17) is 5.11 Å². The fourth-order valence-electron chi connectivity index (χ4n) is 1.11. The van der Waals surface area contributed by atoms with Crippen LogP contribution in [-0.2, 0) is 6.54 Å². The lowest BCUT2D eigenvalue weighted by atomic mass is 10.2.